The Morgan fingerprint density at radius 2 is 2.21 bits per heavy atom. The minimum atomic E-state index is -0.917. The first-order valence-electron chi connectivity index (χ1n) is 4.62. The van der Waals surface area contributed by atoms with Crippen molar-refractivity contribution in [1.29, 1.82) is 0 Å². The van der Waals surface area contributed by atoms with Crippen LogP contribution in [0.4, 0.5) is 0 Å². The number of aliphatic hydroxyl groups is 2. The molecule has 0 amide bonds. The third-order valence-corrected chi connectivity index (χ3v) is 2.18. The fourth-order valence-electron chi connectivity index (χ4n) is 1.29. The summed E-state index contributed by atoms with van der Waals surface area (Å²) < 4.78 is 5.18. The second kappa shape index (κ2) is 5.26. The summed E-state index contributed by atoms with van der Waals surface area (Å²) in [5.74, 6) is 0.179. The largest absolute Gasteiger partial charge is 0.388 e. The molecule has 1 aliphatic heterocycles. The maximum absolute atomic E-state index is 9.29. The summed E-state index contributed by atoms with van der Waals surface area (Å²) in [5.41, 5.74) is 10.9. The molecule has 6 N–H and O–H groups in total. The van der Waals surface area contributed by atoms with E-state index in [1.54, 1.807) is 0 Å². The lowest BCUT2D eigenvalue weighted by atomic mass is 10.0. The molecule has 0 aromatic heterocycles. The predicted molar refractivity (Wildman–Crippen MR) is 51.7 cm³/mol. The third-order valence-electron chi connectivity index (χ3n) is 2.18. The number of aliphatic hydroxyl groups excluding tert-OH is 2. The van der Waals surface area contributed by atoms with E-state index < -0.39 is 6.29 Å². The Balaban J connectivity index is 2.33. The molecular formula is C8H17N3O3. The fraction of sp³-hybridized carbons (Fsp3) is 0.875. The molecular weight excluding hydrogens is 186 g/mol. The highest BCUT2D eigenvalue weighted by Gasteiger charge is 2.26. The zero-order chi connectivity index (χ0) is 10.6. The molecule has 14 heavy (non-hydrogen) atoms. The van der Waals surface area contributed by atoms with Gasteiger partial charge >= 0.3 is 0 Å². The van der Waals surface area contributed by atoms with Crippen LogP contribution in [-0.2, 0) is 4.74 Å². The molecule has 0 bridgehead atoms. The topological polar surface area (TPSA) is 114 Å². The van der Waals surface area contributed by atoms with Gasteiger partial charge < -0.3 is 26.4 Å². The van der Waals surface area contributed by atoms with Crippen LogP contribution in [0, 0.1) is 0 Å². The van der Waals surface area contributed by atoms with E-state index in [1.807, 2.05) is 0 Å². The Kier molecular flexibility index (Phi) is 4.27. The summed E-state index contributed by atoms with van der Waals surface area (Å²) >= 11 is 0. The van der Waals surface area contributed by atoms with E-state index in [1.165, 1.54) is 0 Å². The summed E-state index contributed by atoms with van der Waals surface area (Å²) in [6.45, 7) is 0.102. The maximum atomic E-state index is 9.29. The Labute approximate surface area is 82.6 Å². The highest BCUT2D eigenvalue weighted by Crippen LogP contribution is 2.16. The van der Waals surface area contributed by atoms with E-state index in [0.29, 0.717) is 13.0 Å². The zero-order valence-corrected chi connectivity index (χ0v) is 7.97. The van der Waals surface area contributed by atoms with Gasteiger partial charge in [-0.05, 0) is 12.8 Å². The van der Waals surface area contributed by atoms with Crippen molar-refractivity contribution in [3.05, 3.63) is 0 Å². The van der Waals surface area contributed by atoms with Gasteiger partial charge in [0.25, 0.3) is 0 Å². The van der Waals surface area contributed by atoms with Crippen LogP contribution in [0.5, 0.6) is 0 Å². The second-order valence-corrected chi connectivity index (χ2v) is 3.38. The first kappa shape index (κ1) is 11.4. The van der Waals surface area contributed by atoms with Crippen LogP contribution in [0.1, 0.15) is 12.8 Å². The highest BCUT2D eigenvalue weighted by atomic mass is 16.6. The number of aliphatic imine (C=N–C) groups is 1. The Morgan fingerprint density at radius 3 is 2.79 bits per heavy atom. The quantitative estimate of drug-likeness (QED) is 0.318. The van der Waals surface area contributed by atoms with Crippen molar-refractivity contribution in [2.75, 3.05) is 13.2 Å². The molecule has 6 nitrogen and oxygen atoms in total. The van der Waals surface area contributed by atoms with E-state index in [-0.39, 0.29) is 24.6 Å². The summed E-state index contributed by atoms with van der Waals surface area (Å²) in [6.07, 6.45) is 0.384. The van der Waals surface area contributed by atoms with Gasteiger partial charge in [-0.25, -0.2) is 0 Å². The molecule has 1 saturated heterocycles. The monoisotopic (exact) mass is 203 g/mol. The Bertz CT molecular complexity index is 210. The Hall–Kier alpha value is -0.690. The van der Waals surface area contributed by atoms with E-state index in [4.69, 9.17) is 21.3 Å². The number of amidine groups is 1. The molecule has 1 heterocycles. The summed E-state index contributed by atoms with van der Waals surface area (Å²) in [6, 6.07) is -0.314. The molecule has 1 aliphatic rings. The molecule has 1 unspecified atom stereocenters. The Morgan fingerprint density at radius 1 is 1.50 bits per heavy atom. The van der Waals surface area contributed by atoms with Crippen LogP contribution in [0.25, 0.3) is 0 Å². The number of rotatable bonds is 3. The second-order valence-electron chi connectivity index (χ2n) is 3.38. The smallest absolute Gasteiger partial charge is 0.170 e. The molecule has 0 radical (unpaired) electrons. The van der Waals surface area contributed by atoms with Crippen LogP contribution >= 0.6 is 0 Å². The predicted octanol–water partition coefficient (Wildman–Crippen LogP) is -1.84. The van der Waals surface area contributed by atoms with E-state index in [0.717, 1.165) is 6.42 Å². The average molecular weight is 203 g/mol. The maximum Gasteiger partial charge on any atom is 0.170 e. The fourth-order valence-corrected chi connectivity index (χ4v) is 1.29. The number of ether oxygens (including phenoxy) is 1. The van der Waals surface area contributed by atoms with Gasteiger partial charge in [-0.15, -0.1) is 0 Å². The van der Waals surface area contributed by atoms with Crippen molar-refractivity contribution < 1.29 is 14.9 Å². The van der Waals surface area contributed by atoms with E-state index in [9.17, 15) is 5.11 Å². The molecule has 0 aromatic rings. The molecule has 1 fully saturated rings. The van der Waals surface area contributed by atoms with E-state index >= 15 is 0 Å². The minimum Gasteiger partial charge on any atom is -0.388 e. The zero-order valence-electron chi connectivity index (χ0n) is 7.97. The molecule has 0 aromatic carbocycles. The van der Waals surface area contributed by atoms with Crippen LogP contribution in [0.2, 0.25) is 0 Å². The van der Waals surface area contributed by atoms with Crippen molar-refractivity contribution in [3.63, 3.8) is 0 Å². The van der Waals surface area contributed by atoms with Gasteiger partial charge in [-0.2, -0.15) is 0 Å². The van der Waals surface area contributed by atoms with Crippen molar-refractivity contribution in [1.82, 2.24) is 0 Å². The number of nitrogens with zero attached hydrogens (tertiary/aromatic N) is 1. The molecule has 0 spiro atoms. The molecule has 1 rings (SSSR count). The lowest BCUT2D eigenvalue weighted by Crippen LogP contribution is -2.45. The summed E-state index contributed by atoms with van der Waals surface area (Å²) in [4.78, 5) is 3.89. The van der Waals surface area contributed by atoms with Crippen LogP contribution in [0.15, 0.2) is 4.99 Å². The van der Waals surface area contributed by atoms with Crippen LogP contribution < -0.4 is 11.5 Å². The van der Waals surface area contributed by atoms with Crippen molar-refractivity contribution >= 4 is 5.84 Å². The molecule has 0 aliphatic carbocycles. The molecule has 3 atom stereocenters. The number of hydrogen-bond acceptors (Lipinski definition) is 5. The molecule has 6 heteroatoms. The van der Waals surface area contributed by atoms with Crippen molar-refractivity contribution in [3.8, 4) is 0 Å². The molecule has 82 valence electrons. The average Bonchev–Trinajstić information content (AvgIpc) is 2.19. The van der Waals surface area contributed by atoms with Crippen molar-refractivity contribution in [2.45, 2.75) is 31.3 Å². The first-order chi connectivity index (χ1) is 6.63. The minimum absolute atomic E-state index is 0.158. The van der Waals surface area contributed by atoms with Gasteiger partial charge in [0.2, 0.25) is 0 Å². The number of hydrogen-bond donors (Lipinski definition) is 4. The van der Waals surface area contributed by atoms with Crippen molar-refractivity contribution in [2.24, 2.45) is 16.5 Å². The lowest BCUT2D eigenvalue weighted by Gasteiger charge is -2.30. The van der Waals surface area contributed by atoms with E-state index in [2.05, 4.69) is 4.99 Å². The summed E-state index contributed by atoms with van der Waals surface area (Å²) in [5, 5.41) is 17.9. The standard InChI is InChI=1S/C8H17N3O3/c9-6-2-1-5(14-8(6)13)3-11-7(10)4-12/h5-6,8,12-13H,1-4,9H2,(H2,10,11)/t5-,6?,8-/m0/s1. The highest BCUT2D eigenvalue weighted by molar-refractivity contribution is 5.81. The van der Waals surface area contributed by atoms with Gasteiger partial charge in [0.05, 0.1) is 18.7 Å². The van der Waals surface area contributed by atoms with Crippen LogP contribution in [-0.4, -0.2) is 47.6 Å². The van der Waals surface area contributed by atoms with Gasteiger partial charge in [-0.1, -0.05) is 0 Å². The SMILES string of the molecule is NC(CO)=NC[C@@H]1CCC(N)[C@@H](O)O1. The third kappa shape index (κ3) is 3.22. The normalized spacial score (nSPS) is 34.5. The van der Waals surface area contributed by atoms with Crippen LogP contribution in [0.3, 0.4) is 0 Å². The van der Waals surface area contributed by atoms with Gasteiger partial charge in [0.1, 0.15) is 12.4 Å². The molecule has 0 saturated carbocycles. The number of nitrogens with two attached hydrogens (primary N) is 2. The van der Waals surface area contributed by atoms with Gasteiger partial charge in [0, 0.05) is 0 Å². The van der Waals surface area contributed by atoms with Gasteiger partial charge in [-0.3, -0.25) is 4.99 Å². The van der Waals surface area contributed by atoms with Gasteiger partial charge in [0.15, 0.2) is 6.29 Å². The lowest BCUT2D eigenvalue weighted by molar-refractivity contribution is -0.168. The summed E-state index contributed by atoms with van der Waals surface area (Å²) in [7, 11) is 0. The first-order valence-corrected chi connectivity index (χ1v) is 4.62.